The number of rotatable bonds is 0. The van der Waals surface area contributed by atoms with Gasteiger partial charge in [-0.1, -0.05) is 0 Å². The van der Waals surface area contributed by atoms with Crippen LogP contribution < -0.4 is 0 Å². The van der Waals surface area contributed by atoms with Crippen molar-refractivity contribution in [3.8, 4) is 0 Å². The fourth-order valence-corrected chi connectivity index (χ4v) is 0. The molecule has 57 heteroatoms. The van der Waals surface area contributed by atoms with E-state index in [0.29, 0.717) is 0 Å². The second-order valence-electron chi connectivity index (χ2n) is 0. The molecule has 382 valence electrons. The molecule has 39 nitrogen and oxygen atoms in total. The standard InChI is InChI=1S/7Cs.Nb.39H2O.Si.9W/h;;;;;;;;39*1H2;;;;;;;;;;. The van der Waals surface area contributed by atoms with E-state index in [1.165, 1.54) is 0 Å². The van der Waals surface area contributed by atoms with Crippen LogP contribution in [-0.2, 0) is 212 Å². The van der Waals surface area contributed by atoms with Gasteiger partial charge in [-0.15, -0.1) is 0 Å². The van der Waals surface area contributed by atoms with Crippen molar-refractivity contribution in [3.05, 3.63) is 0 Å². The van der Waals surface area contributed by atoms with E-state index < -0.39 is 0 Å². The smallest absolute Gasteiger partial charge is 0 e. The van der Waals surface area contributed by atoms with Crippen molar-refractivity contribution in [2.45, 2.75) is 0 Å². The van der Waals surface area contributed by atoms with Crippen molar-refractivity contribution in [3.63, 3.8) is 0 Å². The van der Waals surface area contributed by atoms with Crippen LogP contribution in [0.1, 0.15) is 0 Å². The normalized spacial score (nSPS) is 0. The Labute approximate surface area is 888 Å². The molecule has 0 unspecified atom stereocenters. The van der Waals surface area contributed by atoms with Gasteiger partial charge >= 0.3 is 0 Å². The molecule has 0 heterocycles. The molecule has 0 rings (SSSR count). The van der Waals surface area contributed by atoms with Crippen LogP contribution in [0, 0.1) is 0 Å². The summed E-state index contributed by atoms with van der Waals surface area (Å²) in [4.78, 5) is 0. The molecule has 0 aromatic carbocycles. The summed E-state index contributed by atoms with van der Waals surface area (Å²) in [7, 11) is 0. The second kappa shape index (κ2) is 1070. The average Bonchev–Trinajstić information content (AvgIpc) is 0. The summed E-state index contributed by atoms with van der Waals surface area (Å²) in [6.07, 6.45) is 0. The van der Waals surface area contributed by atoms with E-state index >= 15 is 0 Å². The van der Waals surface area contributed by atoms with Crippen molar-refractivity contribution >= 4 is 493 Å². The zero-order chi connectivity index (χ0) is 0. The summed E-state index contributed by atoms with van der Waals surface area (Å²) in [5.41, 5.74) is 0. The largest absolute Gasteiger partial charge is 0.412 e. The van der Waals surface area contributed by atoms with Gasteiger partial charge in [0.25, 0.3) is 0 Å². The maximum Gasteiger partial charge on any atom is 0 e. The zero-order valence-corrected chi connectivity index (χ0v) is 105. The van der Waals surface area contributed by atoms with Crippen molar-refractivity contribution in [2.75, 3.05) is 0 Å². The molecule has 57 heavy (non-hydrogen) atoms. The average molecular weight is 3410 g/mol. The number of hydrogen-bond donors (Lipinski definition) is 0. The minimum atomic E-state index is 0. The van der Waals surface area contributed by atoms with Crippen molar-refractivity contribution in [2.24, 2.45) is 0 Å². The summed E-state index contributed by atoms with van der Waals surface area (Å²) >= 11 is 0. The zero-order valence-electron chi connectivity index (χ0n) is 31.1. The molecule has 78 N–H and O–H groups in total. The molecule has 0 fully saturated rings. The van der Waals surface area contributed by atoms with Gasteiger partial charge in [0.05, 0.1) is 0 Å². The predicted octanol–water partition coefficient (Wildman–Crippen LogP) is -35.2. The molecule has 0 bridgehead atoms. The quantitative estimate of drug-likeness (QED) is 0.204. The summed E-state index contributed by atoms with van der Waals surface area (Å²) in [5, 5.41) is 0. The third-order valence-electron chi connectivity index (χ3n) is 0. The molecule has 0 aromatic heterocycles. The van der Waals surface area contributed by atoms with Gasteiger partial charge < -0.3 is 214 Å². The van der Waals surface area contributed by atoms with Crippen LogP contribution in [0.4, 0.5) is 0 Å². The Morgan fingerprint density at radius 3 is 0.0877 bits per heavy atom. The van der Waals surface area contributed by atoms with Crippen molar-refractivity contribution < 1.29 is 426 Å². The molecule has 0 amide bonds. The molecule has 0 atom stereocenters. The minimum Gasteiger partial charge on any atom is -0.412 e. The van der Waals surface area contributed by atoms with Crippen molar-refractivity contribution in [1.82, 2.24) is 0 Å². The van der Waals surface area contributed by atoms with Crippen LogP contribution in [0.5, 0.6) is 0 Å². The van der Waals surface area contributed by atoms with Gasteiger partial charge in [-0.05, 0) is 0 Å². The number of hydrogen-bond acceptors (Lipinski definition) is 0. The fourth-order valence-electron chi connectivity index (χ4n) is 0. The molecule has 0 spiro atoms. The first-order valence-electron chi connectivity index (χ1n) is 0. The van der Waals surface area contributed by atoms with Crippen LogP contribution in [0.25, 0.3) is 0 Å². The monoisotopic (exact) mass is 3410 g/mol. The molecular formula is H78Cs7NbO39SiW9. The van der Waals surface area contributed by atoms with E-state index in [-0.39, 0.29) is 919 Å². The van der Waals surface area contributed by atoms with Crippen LogP contribution in [-0.4, -0.2) is 707 Å². The first-order valence-corrected chi connectivity index (χ1v) is 0. The minimum absolute atomic E-state index is 0. The third-order valence-corrected chi connectivity index (χ3v) is 0. The summed E-state index contributed by atoms with van der Waals surface area (Å²) in [6.45, 7) is 0. The summed E-state index contributed by atoms with van der Waals surface area (Å²) in [5.74, 6) is 0. The Morgan fingerprint density at radius 1 is 0.0877 bits per heavy atom. The van der Waals surface area contributed by atoms with E-state index in [1.807, 2.05) is 0 Å². The molecule has 0 aliphatic rings. The summed E-state index contributed by atoms with van der Waals surface area (Å²) < 4.78 is 0. The molecule has 0 saturated heterocycles. The predicted molar refractivity (Wildman–Crippen MR) is 187 cm³/mol. The molecule has 0 aliphatic carbocycles. The Bertz CT molecular complexity index is 78.2. The maximum atomic E-state index is 0. The van der Waals surface area contributed by atoms with Crippen LogP contribution in [0.15, 0.2) is 0 Å². The molecule has 0 saturated carbocycles. The fraction of sp³-hybridized carbons (Fsp3) is 0. The van der Waals surface area contributed by atoms with Gasteiger partial charge in [-0.25, -0.2) is 0 Å². The van der Waals surface area contributed by atoms with Gasteiger partial charge in [-0.2, -0.15) is 0 Å². The Morgan fingerprint density at radius 2 is 0.0877 bits per heavy atom. The van der Waals surface area contributed by atoms with Crippen LogP contribution >= 0.6 is 0 Å². The third kappa shape index (κ3) is 1040. The van der Waals surface area contributed by atoms with Crippen LogP contribution in [0.2, 0.25) is 0 Å². The van der Waals surface area contributed by atoms with Gasteiger partial charge in [0, 0.05) is 705 Å². The molecule has 12 radical (unpaired) electrons. The van der Waals surface area contributed by atoms with Gasteiger partial charge in [0.2, 0.25) is 0 Å². The van der Waals surface area contributed by atoms with Crippen LogP contribution in [0.3, 0.4) is 0 Å². The first-order chi connectivity index (χ1) is 0. The topological polar surface area (TPSA) is 1230 Å². The van der Waals surface area contributed by atoms with E-state index in [0.717, 1.165) is 0 Å². The maximum absolute atomic E-state index is 0. The molecule has 0 aromatic rings. The first kappa shape index (κ1) is 1110. The van der Waals surface area contributed by atoms with E-state index in [2.05, 4.69) is 0 Å². The second-order valence-corrected chi connectivity index (χ2v) is 0. The SMILES string of the molecule is O.O.O.O.O.O.O.O.O.O.O.O.O.O.O.O.O.O.O.O.O.O.O.O.O.O.O.O.O.O.O.O.O.O.O.O.O.O.O.[Cs].[Cs].[Cs].[Cs].[Cs].[Cs].[Cs].[Nb].[Si].[W].[W].[W].[W].[W].[W].[W].[W].[W]. The molecule has 0 aliphatic heterocycles. The summed E-state index contributed by atoms with van der Waals surface area (Å²) in [6, 6.07) is 0. The molecular weight excluding hydrogens is 3330 g/mol. The van der Waals surface area contributed by atoms with Gasteiger partial charge in [0.1, 0.15) is 0 Å². The Hall–Kier alpha value is 20.0. The van der Waals surface area contributed by atoms with Gasteiger partial charge in [0.15, 0.2) is 0 Å². The Balaban J connectivity index is 0. The van der Waals surface area contributed by atoms with E-state index in [1.54, 1.807) is 0 Å². The van der Waals surface area contributed by atoms with Gasteiger partial charge in [-0.3, -0.25) is 0 Å². The van der Waals surface area contributed by atoms with Crippen molar-refractivity contribution in [1.29, 1.82) is 0 Å². The Kier molecular flexibility index (Phi) is 21000. The van der Waals surface area contributed by atoms with E-state index in [9.17, 15) is 0 Å². The van der Waals surface area contributed by atoms with E-state index in [4.69, 9.17) is 0 Å².